The summed E-state index contributed by atoms with van der Waals surface area (Å²) in [5, 5.41) is 0. The smallest absolute Gasteiger partial charge is 0.265 e. The third-order valence-corrected chi connectivity index (χ3v) is 7.61. The number of benzene rings is 4. The zero-order valence-corrected chi connectivity index (χ0v) is 19.7. The van der Waals surface area contributed by atoms with Crippen molar-refractivity contribution in [1.29, 1.82) is 0 Å². The zero-order chi connectivity index (χ0) is 24.3. The fraction of sp³-hybridized carbons (Fsp3) is 0.0690. The number of ether oxygens (including phenoxy) is 1. The number of nitrogens with zero attached hydrogens (tertiary/aromatic N) is 1. The van der Waals surface area contributed by atoms with Crippen molar-refractivity contribution in [2.45, 2.75) is 18.0 Å². The van der Waals surface area contributed by atoms with Gasteiger partial charge in [-0.25, -0.2) is 8.42 Å². The van der Waals surface area contributed by atoms with Crippen LogP contribution < -0.4 is 0 Å². The van der Waals surface area contributed by atoms with Crippen molar-refractivity contribution in [3.8, 4) is 0 Å². The predicted molar refractivity (Wildman–Crippen MR) is 135 cm³/mol. The van der Waals surface area contributed by atoms with Crippen LogP contribution in [-0.4, -0.2) is 18.5 Å². The van der Waals surface area contributed by atoms with E-state index in [4.69, 9.17) is 4.74 Å². The lowest BCUT2D eigenvalue weighted by molar-refractivity contribution is 0.100. The number of ketones is 1. The maximum Gasteiger partial charge on any atom is 0.265 e. The van der Waals surface area contributed by atoms with Gasteiger partial charge in [0.05, 0.1) is 11.4 Å². The Labute approximate surface area is 205 Å². The van der Waals surface area contributed by atoms with Gasteiger partial charge in [0, 0.05) is 11.1 Å². The Hall–Kier alpha value is -4.16. The van der Waals surface area contributed by atoms with Gasteiger partial charge in [-0.1, -0.05) is 103 Å². The standard InChI is InChI=1S/C29H23NO4S/c31-28(24-16-8-3-9-17-24)27-29(34-21-23-14-6-2-7-15-23)25-18-10-11-19-26(25)35(32,33)30(27)20-22-12-4-1-5-13-22/h1-19H,20-21H2. The summed E-state index contributed by atoms with van der Waals surface area (Å²) in [5.74, 6) is -0.160. The van der Waals surface area contributed by atoms with E-state index >= 15 is 0 Å². The van der Waals surface area contributed by atoms with Crippen LogP contribution >= 0.6 is 0 Å². The summed E-state index contributed by atoms with van der Waals surface area (Å²) in [6.45, 7) is 0.193. The second kappa shape index (κ2) is 9.60. The van der Waals surface area contributed by atoms with E-state index in [0.29, 0.717) is 11.1 Å². The Morgan fingerprint density at radius 3 is 1.89 bits per heavy atom. The maximum atomic E-state index is 13.9. The maximum absolute atomic E-state index is 13.9. The lowest BCUT2D eigenvalue weighted by atomic mass is 10.0. The minimum Gasteiger partial charge on any atom is -0.486 e. The van der Waals surface area contributed by atoms with Crippen LogP contribution in [0.15, 0.2) is 126 Å². The van der Waals surface area contributed by atoms with Crippen molar-refractivity contribution in [2.75, 3.05) is 0 Å². The summed E-state index contributed by atoms with van der Waals surface area (Å²) in [4.78, 5) is 14.0. The van der Waals surface area contributed by atoms with Gasteiger partial charge in [0.15, 0.2) is 5.76 Å². The first-order valence-corrected chi connectivity index (χ1v) is 12.7. The van der Waals surface area contributed by atoms with Gasteiger partial charge in [-0.15, -0.1) is 0 Å². The molecular weight excluding hydrogens is 458 g/mol. The van der Waals surface area contributed by atoms with E-state index in [1.54, 1.807) is 48.5 Å². The number of hydrogen-bond donors (Lipinski definition) is 0. The lowest BCUT2D eigenvalue weighted by Crippen LogP contribution is -2.38. The van der Waals surface area contributed by atoms with Crippen molar-refractivity contribution >= 4 is 21.6 Å². The summed E-state index contributed by atoms with van der Waals surface area (Å²) in [6, 6.07) is 34.1. The van der Waals surface area contributed by atoms with Crippen LogP contribution in [0.5, 0.6) is 0 Å². The molecule has 1 aliphatic rings. The highest BCUT2D eigenvalue weighted by atomic mass is 32.2. The van der Waals surface area contributed by atoms with Gasteiger partial charge in [-0.3, -0.25) is 9.10 Å². The Morgan fingerprint density at radius 1 is 0.686 bits per heavy atom. The van der Waals surface area contributed by atoms with E-state index < -0.39 is 15.8 Å². The molecule has 0 aliphatic carbocycles. The number of Topliss-reactive ketones (excluding diaryl/α,β-unsaturated/α-hetero) is 1. The molecule has 5 rings (SSSR count). The second-order valence-electron chi connectivity index (χ2n) is 8.14. The number of sulfonamides is 1. The van der Waals surface area contributed by atoms with E-state index in [-0.39, 0.29) is 29.5 Å². The van der Waals surface area contributed by atoms with Crippen LogP contribution in [0.1, 0.15) is 27.0 Å². The van der Waals surface area contributed by atoms with Gasteiger partial charge in [0.2, 0.25) is 5.78 Å². The first-order valence-electron chi connectivity index (χ1n) is 11.2. The molecule has 0 atom stereocenters. The molecule has 35 heavy (non-hydrogen) atoms. The summed E-state index contributed by atoms with van der Waals surface area (Å²) >= 11 is 0. The van der Waals surface area contributed by atoms with Crippen molar-refractivity contribution in [3.05, 3.63) is 143 Å². The molecule has 4 aromatic rings. The average Bonchev–Trinajstić information content (AvgIpc) is 2.91. The van der Waals surface area contributed by atoms with E-state index in [1.807, 2.05) is 66.7 Å². The fourth-order valence-electron chi connectivity index (χ4n) is 4.09. The number of rotatable bonds is 7. The third kappa shape index (κ3) is 4.48. The predicted octanol–water partition coefficient (Wildman–Crippen LogP) is 5.66. The molecule has 5 nitrogen and oxygen atoms in total. The van der Waals surface area contributed by atoms with E-state index in [0.717, 1.165) is 11.1 Å². The molecule has 0 fully saturated rings. The monoisotopic (exact) mass is 481 g/mol. The summed E-state index contributed by atoms with van der Waals surface area (Å²) in [6.07, 6.45) is 0. The first-order chi connectivity index (χ1) is 17.1. The van der Waals surface area contributed by atoms with Crippen molar-refractivity contribution in [3.63, 3.8) is 0 Å². The normalized spacial score (nSPS) is 14.3. The van der Waals surface area contributed by atoms with Crippen molar-refractivity contribution in [2.24, 2.45) is 0 Å². The van der Waals surface area contributed by atoms with Crippen LogP contribution in [0.4, 0.5) is 0 Å². The highest BCUT2D eigenvalue weighted by molar-refractivity contribution is 7.89. The summed E-state index contributed by atoms with van der Waals surface area (Å²) < 4.78 is 35.2. The summed E-state index contributed by atoms with van der Waals surface area (Å²) in [7, 11) is -4.02. The van der Waals surface area contributed by atoms with Gasteiger partial charge in [0.25, 0.3) is 10.0 Å². The minimum absolute atomic E-state index is 0.00358. The quantitative estimate of drug-likeness (QED) is 0.320. The van der Waals surface area contributed by atoms with E-state index in [1.165, 1.54) is 4.31 Å². The molecule has 4 aromatic carbocycles. The van der Waals surface area contributed by atoms with Crippen LogP contribution in [0.3, 0.4) is 0 Å². The Kier molecular flexibility index (Phi) is 6.21. The van der Waals surface area contributed by atoms with Gasteiger partial charge >= 0.3 is 0 Å². The van der Waals surface area contributed by atoms with Gasteiger partial charge < -0.3 is 4.74 Å². The summed E-state index contributed by atoms with van der Waals surface area (Å²) in [5.41, 5.74) is 2.45. The molecule has 0 unspecified atom stereocenters. The van der Waals surface area contributed by atoms with Crippen LogP contribution in [0.25, 0.3) is 5.76 Å². The van der Waals surface area contributed by atoms with Gasteiger partial charge in [-0.2, -0.15) is 0 Å². The SMILES string of the molecule is O=C(C1=C(OCc2ccccc2)c2ccccc2S(=O)(=O)N1Cc1ccccc1)c1ccccc1. The number of carbonyl (C=O) groups excluding carboxylic acids is 1. The molecule has 174 valence electrons. The van der Waals surface area contributed by atoms with E-state index in [9.17, 15) is 13.2 Å². The Morgan fingerprint density at radius 2 is 1.23 bits per heavy atom. The molecule has 0 N–H and O–H groups in total. The lowest BCUT2D eigenvalue weighted by Gasteiger charge is -2.33. The molecule has 0 bridgehead atoms. The number of hydrogen-bond acceptors (Lipinski definition) is 4. The van der Waals surface area contributed by atoms with Crippen molar-refractivity contribution < 1.29 is 17.9 Å². The van der Waals surface area contributed by atoms with Gasteiger partial charge in [-0.05, 0) is 23.3 Å². The first kappa shape index (κ1) is 22.6. The number of carbonyl (C=O) groups is 1. The molecule has 0 saturated carbocycles. The Balaban J connectivity index is 1.71. The molecular formula is C29H23NO4S. The fourth-order valence-corrected chi connectivity index (χ4v) is 5.74. The zero-order valence-electron chi connectivity index (χ0n) is 18.9. The van der Waals surface area contributed by atoms with Crippen molar-refractivity contribution in [1.82, 2.24) is 4.31 Å². The van der Waals surface area contributed by atoms with Gasteiger partial charge in [0.1, 0.15) is 12.3 Å². The van der Waals surface area contributed by atoms with Crippen LogP contribution in [0.2, 0.25) is 0 Å². The highest BCUT2D eigenvalue weighted by Crippen LogP contribution is 2.40. The Bertz CT molecular complexity index is 1480. The molecule has 0 aromatic heterocycles. The minimum atomic E-state index is -4.02. The number of allylic oxidation sites excluding steroid dienone is 1. The molecule has 0 amide bonds. The molecule has 1 aliphatic heterocycles. The number of fused-ring (bicyclic) bond motifs is 1. The second-order valence-corrected chi connectivity index (χ2v) is 9.97. The highest BCUT2D eigenvalue weighted by Gasteiger charge is 2.41. The molecule has 0 radical (unpaired) electrons. The molecule has 0 spiro atoms. The van der Waals surface area contributed by atoms with Crippen LogP contribution in [0, 0.1) is 0 Å². The topological polar surface area (TPSA) is 63.7 Å². The molecule has 1 heterocycles. The van der Waals surface area contributed by atoms with Crippen LogP contribution in [-0.2, 0) is 27.9 Å². The van der Waals surface area contributed by atoms with E-state index in [2.05, 4.69) is 0 Å². The molecule has 6 heteroatoms. The average molecular weight is 482 g/mol. The third-order valence-electron chi connectivity index (χ3n) is 5.81. The largest absolute Gasteiger partial charge is 0.486 e. The molecule has 0 saturated heterocycles.